The summed E-state index contributed by atoms with van der Waals surface area (Å²) in [7, 11) is 4.53. The van der Waals surface area contributed by atoms with Crippen molar-refractivity contribution in [1.29, 1.82) is 0 Å². The van der Waals surface area contributed by atoms with Gasteiger partial charge in [-0.15, -0.1) is 6.58 Å². The Hall–Kier alpha value is -0.610. The van der Waals surface area contributed by atoms with Gasteiger partial charge in [0.1, 0.15) is 12.2 Å². The Morgan fingerprint density at radius 3 is 2.30 bits per heavy atom. The van der Waals surface area contributed by atoms with E-state index in [2.05, 4.69) is 70.9 Å². The molecule has 0 heterocycles. The van der Waals surface area contributed by atoms with Crippen LogP contribution in [0.3, 0.4) is 0 Å². The maximum absolute atomic E-state index is 3.95. The fraction of sp³-hybridized carbons (Fsp3) is 0.444. The third kappa shape index (κ3) is 7.25. The fourth-order valence-corrected chi connectivity index (χ4v) is 2.36. The summed E-state index contributed by atoms with van der Waals surface area (Å²) in [5.41, 5.74) is 4.11. The third-order valence-electron chi connectivity index (χ3n) is 3.40. The SMILES string of the molecule is C=C(C)CCC/C=C(\C)C[N+](C)(C)c1ccccc1.[I-]. The van der Waals surface area contributed by atoms with E-state index in [-0.39, 0.29) is 24.0 Å². The molecule has 0 bridgehead atoms. The maximum atomic E-state index is 3.95. The Labute approximate surface area is 142 Å². The summed E-state index contributed by atoms with van der Waals surface area (Å²) in [5.74, 6) is 0. The number of allylic oxidation sites excluding steroid dienone is 2. The second-order valence-electron chi connectivity index (χ2n) is 6.08. The van der Waals surface area contributed by atoms with Crippen LogP contribution in [0, 0.1) is 0 Å². The molecule has 0 saturated carbocycles. The van der Waals surface area contributed by atoms with Gasteiger partial charge in [0.05, 0.1) is 14.1 Å². The molecule has 0 N–H and O–H groups in total. The lowest BCUT2D eigenvalue weighted by Crippen LogP contribution is -3.00. The highest BCUT2D eigenvalue weighted by molar-refractivity contribution is 5.42. The molecule has 0 spiro atoms. The van der Waals surface area contributed by atoms with E-state index in [1.807, 2.05) is 0 Å². The van der Waals surface area contributed by atoms with Crippen LogP contribution in [0.2, 0.25) is 0 Å². The van der Waals surface area contributed by atoms with E-state index < -0.39 is 0 Å². The van der Waals surface area contributed by atoms with Gasteiger partial charge in [0.2, 0.25) is 0 Å². The van der Waals surface area contributed by atoms with Crippen LogP contribution >= 0.6 is 0 Å². The Morgan fingerprint density at radius 2 is 1.75 bits per heavy atom. The molecule has 0 aliphatic rings. The van der Waals surface area contributed by atoms with Gasteiger partial charge in [-0.3, -0.25) is 4.48 Å². The second-order valence-corrected chi connectivity index (χ2v) is 6.08. The number of benzene rings is 1. The van der Waals surface area contributed by atoms with E-state index in [1.165, 1.54) is 23.3 Å². The second kappa shape index (κ2) is 9.35. The van der Waals surface area contributed by atoms with Gasteiger partial charge in [0.25, 0.3) is 0 Å². The van der Waals surface area contributed by atoms with Gasteiger partial charge in [-0.05, 0) is 50.8 Å². The monoisotopic (exact) mass is 385 g/mol. The molecule has 0 aromatic heterocycles. The Balaban J connectivity index is 0.00000361. The highest BCUT2D eigenvalue weighted by Crippen LogP contribution is 2.20. The number of nitrogens with zero attached hydrogens (tertiary/aromatic N) is 1. The number of para-hydroxylation sites is 1. The lowest BCUT2D eigenvalue weighted by Gasteiger charge is -2.29. The zero-order valence-corrected chi connectivity index (χ0v) is 15.5. The van der Waals surface area contributed by atoms with Crippen molar-refractivity contribution in [2.45, 2.75) is 33.1 Å². The molecule has 1 aromatic rings. The number of hydrogen-bond donors (Lipinski definition) is 0. The summed E-state index contributed by atoms with van der Waals surface area (Å²) in [5, 5.41) is 0. The van der Waals surface area contributed by atoms with E-state index in [4.69, 9.17) is 0 Å². The molecule has 0 aliphatic heterocycles. The van der Waals surface area contributed by atoms with Crippen LogP contribution in [-0.2, 0) is 0 Å². The first-order valence-corrected chi connectivity index (χ1v) is 7.10. The van der Waals surface area contributed by atoms with Crippen LogP contribution in [0.25, 0.3) is 0 Å². The topological polar surface area (TPSA) is 0 Å². The van der Waals surface area contributed by atoms with Crippen LogP contribution in [0.1, 0.15) is 33.1 Å². The van der Waals surface area contributed by atoms with Gasteiger partial charge in [-0.1, -0.05) is 29.8 Å². The molecule has 2 heteroatoms. The van der Waals surface area contributed by atoms with E-state index in [1.54, 1.807) is 0 Å². The standard InChI is InChI=1S/C18H28N.HI/c1-16(2)11-9-10-12-17(3)15-19(4,5)18-13-7-6-8-14-18;/h6-8,12-14H,1,9-11,15H2,2-5H3;1H/q+1;/p-1/b17-12+;. The van der Waals surface area contributed by atoms with Gasteiger partial charge in [-0.25, -0.2) is 0 Å². The van der Waals surface area contributed by atoms with Crippen LogP contribution in [0.4, 0.5) is 5.69 Å². The summed E-state index contributed by atoms with van der Waals surface area (Å²) < 4.78 is 0.906. The minimum atomic E-state index is 0. The minimum Gasteiger partial charge on any atom is -1.00 e. The Bertz CT molecular complexity index is 432. The van der Waals surface area contributed by atoms with Crippen molar-refractivity contribution < 1.29 is 24.0 Å². The summed E-state index contributed by atoms with van der Waals surface area (Å²) in [6.45, 7) is 9.36. The van der Waals surface area contributed by atoms with Crippen molar-refractivity contribution in [3.63, 3.8) is 0 Å². The number of hydrogen-bond acceptors (Lipinski definition) is 0. The van der Waals surface area contributed by atoms with E-state index >= 15 is 0 Å². The molecule has 0 fully saturated rings. The molecule has 0 atom stereocenters. The molecule has 0 saturated heterocycles. The number of quaternary nitrogens is 1. The molecular formula is C18H28IN. The van der Waals surface area contributed by atoms with Gasteiger partial charge in [-0.2, -0.15) is 0 Å². The summed E-state index contributed by atoms with van der Waals surface area (Å²) in [6.07, 6.45) is 5.89. The van der Waals surface area contributed by atoms with Crippen molar-refractivity contribution in [3.8, 4) is 0 Å². The molecule has 0 unspecified atom stereocenters. The first kappa shape index (κ1) is 19.4. The first-order valence-electron chi connectivity index (χ1n) is 7.10. The minimum absolute atomic E-state index is 0. The largest absolute Gasteiger partial charge is 1.00 e. The van der Waals surface area contributed by atoms with Crippen LogP contribution < -0.4 is 28.5 Å². The molecule has 112 valence electrons. The van der Waals surface area contributed by atoms with E-state index in [0.29, 0.717) is 0 Å². The number of rotatable bonds is 7. The average Bonchev–Trinajstić information content (AvgIpc) is 2.35. The van der Waals surface area contributed by atoms with Crippen LogP contribution in [-0.4, -0.2) is 20.6 Å². The third-order valence-corrected chi connectivity index (χ3v) is 3.40. The molecule has 1 aromatic carbocycles. The molecule has 0 amide bonds. The average molecular weight is 385 g/mol. The molecular weight excluding hydrogens is 357 g/mol. The Morgan fingerprint density at radius 1 is 1.15 bits per heavy atom. The normalized spacial score (nSPS) is 11.9. The summed E-state index contributed by atoms with van der Waals surface area (Å²) in [6, 6.07) is 10.7. The van der Waals surface area contributed by atoms with Crippen molar-refractivity contribution in [2.75, 3.05) is 20.6 Å². The zero-order chi connectivity index (χ0) is 14.3. The summed E-state index contributed by atoms with van der Waals surface area (Å²) in [4.78, 5) is 0. The van der Waals surface area contributed by atoms with Crippen molar-refractivity contribution in [2.24, 2.45) is 0 Å². The maximum Gasteiger partial charge on any atom is 0.132 e. The predicted octanol–water partition coefficient (Wildman–Crippen LogP) is 1.95. The smallest absolute Gasteiger partial charge is 0.132 e. The lowest BCUT2D eigenvalue weighted by molar-refractivity contribution is -0.00000438. The number of likely N-dealkylation sites (N-methyl/N-ethyl adjacent to an activating group) is 1. The molecule has 1 nitrogen and oxygen atoms in total. The van der Waals surface area contributed by atoms with Crippen LogP contribution in [0.15, 0.2) is 54.1 Å². The van der Waals surface area contributed by atoms with E-state index in [9.17, 15) is 0 Å². The molecule has 0 radical (unpaired) electrons. The highest BCUT2D eigenvalue weighted by atomic mass is 127. The van der Waals surface area contributed by atoms with Gasteiger partial charge >= 0.3 is 0 Å². The van der Waals surface area contributed by atoms with Crippen molar-refractivity contribution in [1.82, 2.24) is 4.48 Å². The lowest BCUT2D eigenvalue weighted by atomic mass is 10.1. The van der Waals surface area contributed by atoms with Gasteiger partial charge < -0.3 is 24.0 Å². The van der Waals surface area contributed by atoms with E-state index in [0.717, 1.165) is 23.9 Å². The van der Waals surface area contributed by atoms with Crippen molar-refractivity contribution >= 4 is 5.69 Å². The Kier molecular flexibility index (Phi) is 9.06. The van der Waals surface area contributed by atoms with Crippen LogP contribution in [0.5, 0.6) is 0 Å². The fourth-order valence-electron chi connectivity index (χ4n) is 2.36. The first-order chi connectivity index (χ1) is 8.92. The van der Waals surface area contributed by atoms with Crippen molar-refractivity contribution in [3.05, 3.63) is 54.1 Å². The highest BCUT2D eigenvalue weighted by Gasteiger charge is 2.18. The predicted molar refractivity (Wildman–Crippen MR) is 87.4 cm³/mol. The van der Waals surface area contributed by atoms with Gasteiger partial charge in [0.15, 0.2) is 0 Å². The van der Waals surface area contributed by atoms with Gasteiger partial charge in [0, 0.05) is 0 Å². The molecule has 0 aliphatic carbocycles. The number of halogens is 1. The molecule has 20 heavy (non-hydrogen) atoms. The number of unbranched alkanes of at least 4 members (excludes halogenated alkanes) is 1. The zero-order valence-electron chi connectivity index (χ0n) is 13.3. The summed E-state index contributed by atoms with van der Waals surface area (Å²) >= 11 is 0. The quantitative estimate of drug-likeness (QED) is 0.291. The molecule has 1 rings (SSSR count).